The highest BCUT2D eigenvalue weighted by Gasteiger charge is 2.06. The Bertz CT molecular complexity index is 393. The van der Waals surface area contributed by atoms with Crippen molar-refractivity contribution in [1.82, 2.24) is 9.78 Å². The van der Waals surface area contributed by atoms with Crippen molar-refractivity contribution in [1.29, 1.82) is 0 Å². The summed E-state index contributed by atoms with van der Waals surface area (Å²) in [5.41, 5.74) is -0.351. The SMILES string of the molecule is O=c1c(Cl)c(Cl)cnn1CCCCCCO. The lowest BCUT2D eigenvalue weighted by atomic mass is 10.2. The summed E-state index contributed by atoms with van der Waals surface area (Å²) in [6, 6.07) is 0. The molecule has 6 heteroatoms. The van der Waals surface area contributed by atoms with Crippen LogP contribution in [0.1, 0.15) is 25.7 Å². The quantitative estimate of drug-likeness (QED) is 0.801. The van der Waals surface area contributed by atoms with E-state index < -0.39 is 0 Å². The molecule has 0 radical (unpaired) electrons. The number of hydrogen-bond acceptors (Lipinski definition) is 3. The van der Waals surface area contributed by atoms with Crippen molar-refractivity contribution < 1.29 is 5.11 Å². The summed E-state index contributed by atoms with van der Waals surface area (Å²) < 4.78 is 1.31. The molecule has 1 heterocycles. The van der Waals surface area contributed by atoms with Crippen LogP contribution >= 0.6 is 23.2 Å². The number of aliphatic hydroxyl groups excluding tert-OH is 1. The van der Waals surface area contributed by atoms with Crippen molar-refractivity contribution in [2.75, 3.05) is 6.61 Å². The molecule has 0 amide bonds. The number of hydrogen-bond donors (Lipinski definition) is 1. The Balaban J connectivity index is 2.49. The zero-order chi connectivity index (χ0) is 12.0. The van der Waals surface area contributed by atoms with Gasteiger partial charge in [0.05, 0.1) is 11.2 Å². The molecule has 1 rings (SSSR count). The second-order valence-corrected chi connectivity index (χ2v) is 4.26. The Morgan fingerprint density at radius 3 is 2.62 bits per heavy atom. The summed E-state index contributed by atoms with van der Waals surface area (Å²) in [4.78, 5) is 11.6. The smallest absolute Gasteiger partial charge is 0.287 e. The second kappa shape index (κ2) is 6.89. The summed E-state index contributed by atoms with van der Waals surface area (Å²) in [7, 11) is 0. The fraction of sp³-hybridized carbons (Fsp3) is 0.600. The van der Waals surface area contributed by atoms with Crippen molar-refractivity contribution in [3.63, 3.8) is 0 Å². The summed E-state index contributed by atoms with van der Waals surface area (Å²) in [5.74, 6) is 0. The molecule has 90 valence electrons. The Hall–Kier alpha value is -0.580. The van der Waals surface area contributed by atoms with Gasteiger partial charge in [-0.25, -0.2) is 4.68 Å². The number of aryl methyl sites for hydroxylation is 1. The highest BCUT2D eigenvalue weighted by Crippen LogP contribution is 2.14. The summed E-state index contributed by atoms with van der Waals surface area (Å²) in [5, 5.41) is 12.7. The van der Waals surface area contributed by atoms with Crippen LogP contribution in [0.2, 0.25) is 10.0 Å². The Morgan fingerprint density at radius 1 is 1.25 bits per heavy atom. The van der Waals surface area contributed by atoms with Gasteiger partial charge >= 0.3 is 0 Å². The van der Waals surface area contributed by atoms with E-state index in [4.69, 9.17) is 28.3 Å². The third-order valence-electron chi connectivity index (χ3n) is 2.22. The first-order chi connectivity index (χ1) is 7.66. The molecule has 0 aliphatic carbocycles. The second-order valence-electron chi connectivity index (χ2n) is 3.47. The number of nitrogens with zero attached hydrogens (tertiary/aromatic N) is 2. The monoisotopic (exact) mass is 264 g/mol. The molecule has 4 nitrogen and oxygen atoms in total. The van der Waals surface area contributed by atoms with Gasteiger partial charge in [-0.1, -0.05) is 36.0 Å². The van der Waals surface area contributed by atoms with E-state index in [2.05, 4.69) is 5.10 Å². The Morgan fingerprint density at radius 2 is 1.94 bits per heavy atom. The minimum Gasteiger partial charge on any atom is -0.396 e. The van der Waals surface area contributed by atoms with Crippen molar-refractivity contribution in [2.45, 2.75) is 32.2 Å². The topological polar surface area (TPSA) is 55.1 Å². The average molecular weight is 265 g/mol. The first-order valence-corrected chi connectivity index (χ1v) is 5.94. The van der Waals surface area contributed by atoms with E-state index in [-0.39, 0.29) is 22.2 Å². The maximum Gasteiger partial charge on any atom is 0.287 e. The van der Waals surface area contributed by atoms with E-state index in [0.29, 0.717) is 6.54 Å². The van der Waals surface area contributed by atoms with Crippen LogP contribution in [-0.4, -0.2) is 21.5 Å². The van der Waals surface area contributed by atoms with Crippen molar-refractivity contribution in [3.8, 4) is 0 Å². The minimum absolute atomic E-state index is 0.0204. The maximum atomic E-state index is 11.6. The molecule has 0 saturated carbocycles. The molecule has 0 atom stereocenters. The lowest BCUT2D eigenvalue weighted by Gasteiger charge is -2.04. The Kier molecular flexibility index (Phi) is 5.80. The zero-order valence-electron chi connectivity index (χ0n) is 8.83. The average Bonchev–Trinajstić information content (AvgIpc) is 2.28. The fourth-order valence-corrected chi connectivity index (χ4v) is 1.60. The number of unbranched alkanes of at least 4 members (excludes halogenated alkanes) is 3. The standard InChI is InChI=1S/C10H14Cl2N2O2/c11-8-7-13-14(10(16)9(8)12)5-3-1-2-4-6-15/h7,15H,1-6H2. The van der Waals surface area contributed by atoms with Gasteiger partial charge in [0.25, 0.3) is 5.56 Å². The molecule has 16 heavy (non-hydrogen) atoms. The van der Waals surface area contributed by atoms with Crippen LogP contribution in [-0.2, 0) is 6.54 Å². The van der Waals surface area contributed by atoms with Crippen LogP contribution in [0.4, 0.5) is 0 Å². The van der Waals surface area contributed by atoms with Gasteiger partial charge in [0, 0.05) is 13.2 Å². The van der Waals surface area contributed by atoms with Gasteiger partial charge in [-0.3, -0.25) is 4.79 Å². The predicted molar refractivity (Wildman–Crippen MR) is 64.1 cm³/mol. The highest BCUT2D eigenvalue weighted by molar-refractivity contribution is 6.41. The molecular formula is C10H14Cl2N2O2. The van der Waals surface area contributed by atoms with Crippen LogP contribution < -0.4 is 5.56 Å². The number of halogens is 2. The number of aromatic nitrogens is 2. The van der Waals surface area contributed by atoms with Crippen LogP contribution in [0.5, 0.6) is 0 Å². The lowest BCUT2D eigenvalue weighted by Crippen LogP contribution is -2.23. The Labute approximate surface area is 104 Å². The van der Waals surface area contributed by atoms with E-state index in [1.807, 2.05) is 0 Å². The zero-order valence-corrected chi connectivity index (χ0v) is 10.3. The van der Waals surface area contributed by atoms with Gasteiger partial charge < -0.3 is 5.11 Å². The third-order valence-corrected chi connectivity index (χ3v) is 2.97. The van der Waals surface area contributed by atoms with Crippen LogP contribution in [0, 0.1) is 0 Å². The molecule has 0 spiro atoms. The van der Waals surface area contributed by atoms with E-state index in [1.165, 1.54) is 10.9 Å². The molecule has 0 fully saturated rings. The van der Waals surface area contributed by atoms with E-state index in [0.717, 1.165) is 25.7 Å². The third kappa shape index (κ3) is 3.77. The van der Waals surface area contributed by atoms with E-state index in [1.54, 1.807) is 0 Å². The molecular weight excluding hydrogens is 251 g/mol. The molecule has 0 aromatic carbocycles. The van der Waals surface area contributed by atoms with Crippen molar-refractivity contribution in [2.24, 2.45) is 0 Å². The molecule has 0 aliphatic heterocycles. The number of aliphatic hydroxyl groups is 1. The maximum absolute atomic E-state index is 11.6. The highest BCUT2D eigenvalue weighted by atomic mass is 35.5. The first kappa shape index (κ1) is 13.5. The van der Waals surface area contributed by atoms with Gasteiger partial charge in [0.1, 0.15) is 5.02 Å². The van der Waals surface area contributed by atoms with E-state index in [9.17, 15) is 4.79 Å². The fourth-order valence-electron chi connectivity index (χ4n) is 1.33. The lowest BCUT2D eigenvalue weighted by molar-refractivity contribution is 0.282. The summed E-state index contributed by atoms with van der Waals surface area (Å²) in [6.45, 7) is 0.742. The molecule has 1 N–H and O–H groups in total. The molecule has 0 saturated heterocycles. The van der Waals surface area contributed by atoms with Gasteiger partial charge in [-0.15, -0.1) is 0 Å². The molecule has 1 aromatic heterocycles. The largest absolute Gasteiger partial charge is 0.396 e. The van der Waals surface area contributed by atoms with Gasteiger partial charge in [-0.2, -0.15) is 5.10 Å². The van der Waals surface area contributed by atoms with Crippen LogP contribution in [0.25, 0.3) is 0 Å². The van der Waals surface area contributed by atoms with Crippen LogP contribution in [0.15, 0.2) is 11.0 Å². The number of rotatable bonds is 6. The van der Waals surface area contributed by atoms with E-state index >= 15 is 0 Å². The molecule has 1 aromatic rings. The summed E-state index contributed by atoms with van der Waals surface area (Å²) in [6.07, 6.45) is 4.91. The van der Waals surface area contributed by atoms with Crippen LogP contribution in [0.3, 0.4) is 0 Å². The molecule has 0 unspecified atom stereocenters. The van der Waals surface area contributed by atoms with Crippen molar-refractivity contribution in [3.05, 3.63) is 26.6 Å². The van der Waals surface area contributed by atoms with Gasteiger partial charge in [-0.05, 0) is 12.8 Å². The van der Waals surface area contributed by atoms with Gasteiger partial charge in [0.2, 0.25) is 0 Å². The van der Waals surface area contributed by atoms with Gasteiger partial charge in [0.15, 0.2) is 0 Å². The minimum atomic E-state index is -0.351. The summed E-state index contributed by atoms with van der Waals surface area (Å²) >= 11 is 11.4. The molecule has 0 bridgehead atoms. The first-order valence-electron chi connectivity index (χ1n) is 5.19. The van der Waals surface area contributed by atoms with Crippen molar-refractivity contribution >= 4 is 23.2 Å². The normalized spacial score (nSPS) is 10.7. The molecule has 0 aliphatic rings. The predicted octanol–water partition coefficient (Wildman–Crippen LogP) is 2.10.